The molecule has 30 heavy (non-hydrogen) atoms. The van der Waals surface area contributed by atoms with Crippen molar-refractivity contribution >= 4 is 40.7 Å². The van der Waals surface area contributed by atoms with E-state index in [0.29, 0.717) is 33.5 Å². The van der Waals surface area contributed by atoms with Crippen LogP contribution in [0.1, 0.15) is 22.3 Å². The third-order valence-corrected chi connectivity index (χ3v) is 5.26. The molecule has 1 atom stereocenters. The standard InChI is InChI=1S/C21H20ClN3O5/c1-11-5-13(22)7-17-20(11)25(14(9-29-17)8-18(26)23-2)21(28)12-3-4-16-15(6-12)24-19(27)10-30-16/h3-7,14H,8-10H2,1-2H3,(H,23,26)(H,24,27)/t14-/m0/s1. The molecule has 0 bridgehead atoms. The van der Waals surface area contributed by atoms with Crippen LogP contribution in [-0.2, 0) is 9.59 Å². The number of amides is 3. The molecular formula is C21H20ClN3O5. The second-order valence-electron chi connectivity index (χ2n) is 7.13. The van der Waals surface area contributed by atoms with E-state index in [2.05, 4.69) is 10.6 Å². The second kappa shape index (κ2) is 7.87. The molecule has 156 valence electrons. The lowest BCUT2D eigenvalue weighted by Crippen LogP contribution is -2.49. The highest BCUT2D eigenvalue weighted by Crippen LogP contribution is 2.41. The molecule has 0 aliphatic carbocycles. The monoisotopic (exact) mass is 429 g/mol. The Morgan fingerprint density at radius 1 is 1.23 bits per heavy atom. The summed E-state index contributed by atoms with van der Waals surface area (Å²) in [5.41, 5.74) is 2.11. The molecule has 0 unspecified atom stereocenters. The number of anilines is 2. The fourth-order valence-electron chi connectivity index (χ4n) is 3.66. The van der Waals surface area contributed by atoms with Crippen molar-refractivity contribution in [2.75, 3.05) is 30.5 Å². The Kier molecular flexibility index (Phi) is 5.26. The van der Waals surface area contributed by atoms with Crippen molar-refractivity contribution in [3.8, 4) is 11.5 Å². The van der Waals surface area contributed by atoms with Crippen LogP contribution in [0.15, 0.2) is 30.3 Å². The van der Waals surface area contributed by atoms with E-state index in [4.69, 9.17) is 21.1 Å². The Labute approximate surface area is 178 Å². The number of nitrogens with one attached hydrogen (secondary N) is 2. The number of carbonyl (C=O) groups is 3. The zero-order valence-electron chi connectivity index (χ0n) is 16.5. The van der Waals surface area contributed by atoms with E-state index in [1.807, 2.05) is 6.92 Å². The molecule has 2 aliphatic rings. The Bertz CT molecular complexity index is 1060. The summed E-state index contributed by atoms with van der Waals surface area (Å²) in [6.45, 7) is 1.92. The summed E-state index contributed by atoms with van der Waals surface area (Å²) in [6.07, 6.45) is 0.0779. The van der Waals surface area contributed by atoms with Gasteiger partial charge in [-0.1, -0.05) is 11.6 Å². The summed E-state index contributed by atoms with van der Waals surface area (Å²) >= 11 is 6.16. The topological polar surface area (TPSA) is 97.0 Å². The van der Waals surface area contributed by atoms with Gasteiger partial charge in [0.15, 0.2) is 6.61 Å². The maximum atomic E-state index is 13.6. The molecule has 0 spiro atoms. The minimum absolute atomic E-state index is 0.0642. The number of carbonyl (C=O) groups excluding carboxylic acids is 3. The lowest BCUT2D eigenvalue weighted by atomic mass is 10.0. The number of nitrogens with zero attached hydrogens (tertiary/aromatic N) is 1. The fraction of sp³-hybridized carbons (Fsp3) is 0.286. The number of hydrogen-bond acceptors (Lipinski definition) is 5. The minimum Gasteiger partial charge on any atom is -0.489 e. The quantitative estimate of drug-likeness (QED) is 0.781. The van der Waals surface area contributed by atoms with E-state index in [-0.39, 0.29) is 37.4 Å². The summed E-state index contributed by atoms with van der Waals surface area (Å²) < 4.78 is 11.2. The predicted octanol–water partition coefficient (Wildman–Crippen LogP) is 2.52. The van der Waals surface area contributed by atoms with Gasteiger partial charge in [0.25, 0.3) is 11.8 Å². The van der Waals surface area contributed by atoms with Crippen molar-refractivity contribution < 1.29 is 23.9 Å². The molecule has 4 rings (SSSR count). The van der Waals surface area contributed by atoms with Crippen LogP contribution in [0.2, 0.25) is 5.02 Å². The van der Waals surface area contributed by atoms with E-state index < -0.39 is 6.04 Å². The Balaban J connectivity index is 1.77. The molecule has 2 aromatic rings. The summed E-state index contributed by atoms with van der Waals surface area (Å²) in [7, 11) is 1.54. The smallest absolute Gasteiger partial charge is 0.262 e. The number of fused-ring (bicyclic) bond motifs is 2. The summed E-state index contributed by atoms with van der Waals surface area (Å²) in [5.74, 6) is 0.172. The number of rotatable bonds is 3. The van der Waals surface area contributed by atoms with Crippen LogP contribution in [-0.4, -0.2) is 44.0 Å². The molecule has 2 N–H and O–H groups in total. The van der Waals surface area contributed by atoms with Crippen LogP contribution in [0, 0.1) is 6.92 Å². The van der Waals surface area contributed by atoms with Gasteiger partial charge in [-0.2, -0.15) is 0 Å². The average Bonchev–Trinajstić information content (AvgIpc) is 2.72. The molecule has 2 aliphatic heterocycles. The summed E-state index contributed by atoms with van der Waals surface area (Å²) in [4.78, 5) is 38.9. The van der Waals surface area contributed by atoms with E-state index in [0.717, 1.165) is 5.56 Å². The van der Waals surface area contributed by atoms with Gasteiger partial charge in [0, 0.05) is 23.7 Å². The SMILES string of the molecule is CNC(=O)C[C@H]1COc2cc(Cl)cc(C)c2N1C(=O)c1ccc2c(c1)NC(=O)CO2. The largest absolute Gasteiger partial charge is 0.489 e. The second-order valence-corrected chi connectivity index (χ2v) is 7.57. The number of halogens is 1. The zero-order valence-corrected chi connectivity index (χ0v) is 17.2. The van der Waals surface area contributed by atoms with Gasteiger partial charge >= 0.3 is 0 Å². The third-order valence-electron chi connectivity index (χ3n) is 5.05. The first-order valence-corrected chi connectivity index (χ1v) is 9.79. The van der Waals surface area contributed by atoms with E-state index in [9.17, 15) is 14.4 Å². The normalized spacial score (nSPS) is 17.1. The molecule has 8 nitrogen and oxygen atoms in total. The Morgan fingerprint density at radius 2 is 2.03 bits per heavy atom. The number of ether oxygens (including phenoxy) is 2. The molecule has 0 saturated carbocycles. The van der Waals surface area contributed by atoms with Crippen molar-refractivity contribution in [3.05, 3.63) is 46.5 Å². The highest BCUT2D eigenvalue weighted by Gasteiger charge is 2.36. The molecule has 0 radical (unpaired) electrons. The number of aryl methyl sites for hydroxylation is 1. The van der Waals surface area contributed by atoms with Gasteiger partial charge in [-0.3, -0.25) is 19.3 Å². The molecule has 0 fully saturated rings. The Morgan fingerprint density at radius 3 is 2.80 bits per heavy atom. The molecule has 0 aromatic heterocycles. The van der Waals surface area contributed by atoms with Crippen molar-refractivity contribution in [3.63, 3.8) is 0 Å². The van der Waals surface area contributed by atoms with Crippen LogP contribution in [0.4, 0.5) is 11.4 Å². The van der Waals surface area contributed by atoms with Gasteiger partial charge in [-0.25, -0.2) is 0 Å². The third kappa shape index (κ3) is 3.66. The highest BCUT2D eigenvalue weighted by atomic mass is 35.5. The molecule has 2 aromatic carbocycles. The van der Waals surface area contributed by atoms with Crippen molar-refractivity contribution in [2.45, 2.75) is 19.4 Å². The van der Waals surface area contributed by atoms with E-state index in [1.54, 1.807) is 42.3 Å². The summed E-state index contributed by atoms with van der Waals surface area (Å²) in [6, 6.07) is 7.74. The minimum atomic E-state index is -0.508. The van der Waals surface area contributed by atoms with Gasteiger partial charge in [0.05, 0.1) is 23.8 Å². The van der Waals surface area contributed by atoms with Crippen LogP contribution in [0.5, 0.6) is 11.5 Å². The first-order valence-electron chi connectivity index (χ1n) is 9.41. The predicted molar refractivity (Wildman–Crippen MR) is 112 cm³/mol. The Hall–Kier alpha value is -3.26. The van der Waals surface area contributed by atoms with E-state index >= 15 is 0 Å². The lowest BCUT2D eigenvalue weighted by molar-refractivity contribution is -0.121. The summed E-state index contributed by atoms with van der Waals surface area (Å²) in [5, 5.41) is 5.79. The van der Waals surface area contributed by atoms with Crippen LogP contribution in [0.3, 0.4) is 0 Å². The van der Waals surface area contributed by atoms with Crippen LogP contribution >= 0.6 is 11.6 Å². The maximum absolute atomic E-state index is 13.6. The van der Waals surface area contributed by atoms with Gasteiger partial charge in [0.1, 0.15) is 18.1 Å². The fourth-order valence-corrected chi connectivity index (χ4v) is 3.92. The van der Waals surface area contributed by atoms with Gasteiger partial charge in [0.2, 0.25) is 5.91 Å². The van der Waals surface area contributed by atoms with Gasteiger partial charge < -0.3 is 20.1 Å². The molecule has 2 heterocycles. The van der Waals surface area contributed by atoms with Crippen molar-refractivity contribution in [2.24, 2.45) is 0 Å². The lowest BCUT2D eigenvalue weighted by Gasteiger charge is -2.38. The maximum Gasteiger partial charge on any atom is 0.262 e. The first-order chi connectivity index (χ1) is 14.4. The van der Waals surface area contributed by atoms with Crippen LogP contribution < -0.4 is 25.0 Å². The molecule has 0 saturated heterocycles. The average molecular weight is 430 g/mol. The van der Waals surface area contributed by atoms with Gasteiger partial charge in [-0.15, -0.1) is 0 Å². The molecule has 3 amide bonds. The van der Waals surface area contributed by atoms with Gasteiger partial charge in [-0.05, 0) is 36.8 Å². The highest BCUT2D eigenvalue weighted by molar-refractivity contribution is 6.31. The molecular weight excluding hydrogens is 410 g/mol. The van der Waals surface area contributed by atoms with E-state index in [1.165, 1.54) is 0 Å². The number of hydrogen-bond donors (Lipinski definition) is 2. The number of benzene rings is 2. The zero-order chi connectivity index (χ0) is 21.4. The molecule has 9 heteroatoms. The van der Waals surface area contributed by atoms with Crippen molar-refractivity contribution in [1.29, 1.82) is 0 Å². The van der Waals surface area contributed by atoms with Crippen molar-refractivity contribution in [1.82, 2.24) is 5.32 Å². The first kappa shape index (κ1) is 20.0. The van der Waals surface area contributed by atoms with Crippen LogP contribution in [0.25, 0.3) is 0 Å².